The van der Waals surface area contributed by atoms with Crippen LogP contribution < -0.4 is 16.0 Å². The first-order chi connectivity index (χ1) is 17.1. The van der Waals surface area contributed by atoms with Crippen molar-refractivity contribution in [2.45, 2.75) is 75.5 Å². The summed E-state index contributed by atoms with van der Waals surface area (Å²) in [7, 11) is 0. The average Bonchev–Trinajstić information content (AvgIpc) is 2.83. The predicted octanol–water partition coefficient (Wildman–Crippen LogP) is 2.47. The Morgan fingerprint density at radius 2 is 2.14 bits per heavy atom. The molecule has 0 radical (unpaired) electrons. The largest absolute Gasteiger partial charge is 0.373 e. The highest BCUT2D eigenvalue weighted by Gasteiger charge is 2.60. The van der Waals surface area contributed by atoms with E-state index in [9.17, 15) is 28.4 Å². The van der Waals surface area contributed by atoms with Crippen molar-refractivity contribution in [1.29, 1.82) is 5.26 Å². The number of amides is 3. The van der Waals surface area contributed by atoms with Crippen molar-refractivity contribution in [3.63, 3.8) is 0 Å². The van der Waals surface area contributed by atoms with Crippen molar-refractivity contribution in [2.75, 3.05) is 11.9 Å². The number of piperidine rings is 3. The van der Waals surface area contributed by atoms with E-state index in [4.69, 9.17) is 11.6 Å². The molecule has 1 aromatic rings. The van der Waals surface area contributed by atoms with Gasteiger partial charge >= 0.3 is 0 Å². The molecule has 3 saturated heterocycles. The number of hydrogen-bond donors (Lipinski definition) is 3. The lowest BCUT2D eigenvalue weighted by molar-refractivity contribution is -0.194. The average molecular weight is 523 g/mol. The first-order valence-corrected chi connectivity index (χ1v) is 12.5. The lowest BCUT2D eigenvalue weighted by Gasteiger charge is -2.54. The first-order valence-electron chi connectivity index (χ1n) is 12.2. The monoisotopic (exact) mass is 522 g/mol. The van der Waals surface area contributed by atoms with E-state index in [0.717, 1.165) is 6.42 Å². The van der Waals surface area contributed by atoms with E-state index in [2.05, 4.69) is 20.9 Å². The molecule has 4 heterocycles. The maximum atomic E-state index is 14.9. The first kappa shape index (κ1) is 26.1. The van der Waals surface area contributed by atoms with Crippen LogP contribution in [0.2, 0.25) is 5.02 Å². The third kappa shape index (κ3) is 5.38. The molecule has 3 aliphatic heterocycles. The van der Waals surface area contributed by atoms with Gasteiger partial charge in [-0.1, -0.05) is 11.6 Å². The van der Waals surface area contributed by atoms with E-state index >= 15 is 0 Å². The minimum atomic E-state index is -3.11. The van der Waals surface area contributed by atoms with E-state index in [1.807, 2.05) is 6.07 Å². The van der Waals surface area contributed by atoms with Crippen molar-refractivity contribution in [3.8, 4) is 6.07 Å². The van der Waals surface area contributed by atoms with Crippen molar-refractivity contribution in [3.05, 3.63) is 23.5 Å². The lowest BCUT2D eigenvalue weighted by Crippen LogP contribution is -2.70. The summed E-state index contributed by atoms with van der Waals surface area (Å²) in [6, 6.07) is -0.547. The summed E-state index contributed by atoms with van der Waals surface area (Å²) in [5.41, 5.74) is 0.479. The Bertz CT molecular complexity index is 1070. The molecule has 5 rings (SSSR count). The van der Waals surface area contributed by atoms with Crippen LogP contribution in [0.5, 0.6) is 0 Å². The summed E-state index contributed by atoms with van der Waals surface area (Å²) in [5.74, 6) is -6.39. The molecule has 3 amide bonds. The topological polar surface area (TPSA) is 127 Å². The number of nitriles is 1. The van der Waals surface area contributed by atoms with Crippen LogP contribution in [-0.2, 0) is 14.4 Å². The highest BCUT2D eigenvalue weighted by molar-refractivity contribution is 6.30. The molecule has 1 aromatic heterocycles. The van der Waals surface area contributed by atoms with Gasteiger partial charge in [0.1, 0.15) is 18.1 Å². The molecule has 4 aliphatic rings. The van der Waals surface area contributed by atoms with Gasteiger partial charge in [-0.3, -0.25) is 19.4 Å². The Morgan fingerprint density at radius 1 is 1.36 bits per heavy atom. The molecule has 9 nitrogen and oxygen atoms in total. The van der Waals surface area contributed by atoms with E-state index in [0.29, 0.717) is 30.1 Å². The van der Waals surface area contributed by atoms with Crippen LogP contribution in [0.1, 0.15) is 45.4 Å². The second-order valence-electron chi connectivity index (χ2n) is 9.81. The fraction of sp³-hybridized carbons (Fsp3) is 0.625. The molecule has 194 valence electrons. The molecule has 12 heteroatoms. The Balaban J connectivity index is 1.52. The predicted molar refractivity (Wildman–Crippen MR) is 127 cm³/mol. The van der Waals surface area contributed by atoms with Crippen molar-refractivity contribution < 1.29 is 23.2 Å². The number of alkyl halides is 2. The number of aromatic nitrogens is 1. The fourth-order valence-corrected chi connectivity index (χ4v) is 5.77. The molecule has 1 saturated carbocycles. The number of nitrogens with zero attached hydrogens (tertiary/aromatic N) is 3. The Hall–Kier alpha value is -3.00. The summed E-state index contributed by atoms with van der Waals surface area (Å²) in [6.07, 6.45) is 4.30. The molecular weight excluding hydrogens is 494 g/mol. The molecule has 0 spiro atoms. The number of rotatable bonds is 7. The van der Waals surface area contributed by atoms with Crippen LogP contribution >= 0.6 is 11.6 Å². The summed E-state index contributed by atoms with van der Waals surface area (Å²) >= 11 is 5.96. The quantitative estimate of drug-likeness (QED) is 0.505. The Morgan fingerprint density at radius 3 is 2.81 bits per heavy atom. The van der Waals surface area contributed by atoms with Gasteiger partial charge in [-0.15, -0.1) is 0 Å². The lowest BCUT2D eigenvalue weighted by atomic mass is 9.71. The van der Waals surface area contributed by atoms with Gasteiger partial charge in [0.15, 0.2) is 0 Å². The molecule has 1 aliphatic carbocycles. The number of fused-ring (bicyclic) bond motifs is 3. The number of halogens is 3. The molecule has 0 unspecified atom stereocenters. The number of anilines is 1. The Kier molecular flexibility index (Phi) is 7.64. The zero-order valence-corrected chi connectivity index (χ0v) is 20.6. The number of nitrogens with one attached hydrogen (secondary N) is 3. The van der Waals surface area contributed by atoms with Gasteiger partial charge in [0.05, 0.1) is 28.9 Å². The van der Waals surface area contributed by atoms with Crippen molar-refractivity contribution in [1.82, 2.24) is 20.5 Å². The summed E-state index contributed by atoms with van der Waals surface area (Å²) < 4.78 is 29.8. The van der Waals surface area contributed by atoms with Gasteiger partial charge in [0, 0.05) is 31.1 Å². The fourth-order valence-electron chi connectivity index (χ4n) is 5.60. The number of hydrogen-bond acceptors (Lipinski definition) is 6. The molecule has 6 atom stereocenters. The smallest absolute Gasteiger partial charge is 0.255 e. The van der Waals surface area contributed by atoms with Crippen LogP contribution in [0, 0.1) is 23.2 Å². The normalized spacial score (nSPS) is 28.4. The summed E-state index contributed by atoms with van der Waals surface area (Å²) in [5, 5.41) is 18.3. The van der Waals surface area contributed by atoms with Gasteiger partial charge in [0.2, 0.25) is 17.7 Å². The maximum Gasteiger partial charge on any atom is 0.255 e. The number of carbonyl (C=O) groups excluding carboxylic acids is 3. The number of pyridine rings is 1. The Labute approximate surface area is 212 Å². The third-order valence-electron chi connectivity index (χ3n) is 7.31. The van der Waals surface area contributed by atoms with Gasteiger partial charge in [-0.25, -0.2) is 8.78 Å². The van der Waals surface area contributed by atoms with Gasteiger partial charge in [0.25, 0.3) is 5.92 Å². The second kappa shape index (κ2) is 10.5. The van der Waals surface area contributed by atoms with Crippen LogP contribution in [-0.4, -0.2) is 64.2 Å². The van der Waals surface area contributed by atoms with Gasteiger partial charge < -0.3 is 20.9 Å². The highest BCUT2D eigenvalue weighted by Crippen LogP contribution is 2.49. The second-order valence-corrected chi connectivity index (χ2v) is 10.2. The summed E-state index contributed by atoms with van der Waals surface area (Å²) in [6.45, 7) is 2.14. The van der Waals surface area contributed by atoms with Crippen molar-refractivity contribution in [2.24, 2.45) is 11.8 Å². The van der Waals surface area contributed by atoms with Crippen LogP contribution in [0.4, 0.5) is 14.5 Å². The van der Waals surface area contributed by atoms with Crippen molar-refractivity contribution >= 4 is 35.0 Å². The van der Waals surface area contributed by atoms with Gasteiger partial charge in [-0.05, 0) is 45.1 Å². The zero-order valence-electron chi connectivity index (χ0n) is 19.8. The molecule has 4 fully saturated rings. The molecule has 3 N–H and O–H groups in total. The van der Waals surface area contributed by atoms with E-state index in [1.54, 1.807) is 13.0 Å². The molecule has 36 heavy (non-hydrogen) atoms. The SMILES string of the molecule is C[C@@H](Nc1cncc(Cl)c1)C(=O)N1[C@@H]2CC[C@H]([C@@H]1C(=O)N[C@H](C#N)C[C@H]1CCCNC1=O)C(F)(F)C2. The van der Waals surface area contributed by atoms with E-state index in [-0.39, 0.29) is 18.7 Å². The van der Waals surface area contributed by atoms with Crippen LogP contribution in [0.3, 0.4) is 0 Å². The highest BCUT2D eigenvalue weighted by atomic mass is 35.5. The van der Waals surface area contributed by atoms with Gasteiger partial charge in [-0.2, -0.15) is 5.26 Å². The molecule has 2 bridgehead atoms. The molecule has 0 aromatic carbocycles. The third-order valence-corrected chi connectivity index (χ3v) is 7.52. The van der Waals surface area contributed by atoms with E-state index in [1.165, 1.54) is 17.3 Å². The van der Waals surface area contributed by atoms with Crippen LogP contribution in [0.15, 0.2) is 18.5 Å². The standard InChI is InChI=1S/C24H29ClF2N6O3/c1-13(31-17-8-15(25)11-29-12-17)23(36)33-18-4-5-19(24(26,27)9-18)20(33)22(35)32-16(10-28)7-14-3-2-6-30-21(14)34/h8,11-14,16,18-20,31H,2-7,9H2,1H3,(H,30,34)(H,32,35)/t13-,14-,16+,18-,19-,20-/m1/s1. The zero-order chi connectivity index (χ0) is 26.0. The van der Waals surface area contributed by atoms with E-state index < -0.39 is 60.2 Å². The molecular formula is C24H29ClF2N6O3. The maximum absolute atomic E-state index is 14.9. The minimum Gasteiger partial charge on any atom is -0.373 e. The number of carbonyl (C=O) groups is 3. The van der Waals surface area contributed by atoms with Crippen LogP contribution in [0.25, 0.3) is 0 Å². The summed E-state index contributed by atoms with van der Waals surface area (Å²) in [4.78, 5) is 44.2. The minimum absolute atomic E-state index is 0.0823.